The van der Waals surface area contributed by atoms with Gasteiger partial charge in [0.1, 0.15) is 11.4 Å². The Morgan fingerprint density at radius 2 is 1.94 bits per heavy atom. The van der Waals surface area contributed by atoms with E-state index < -0.39 is 27.2 Å². The summed E-state index contributed by atoms with van der Waals surface area (Å²) in [4.78, 5) is 10.5. The van der Waals surface area contributed by atoms with Gasteiger partial charge in [-0.2, -0.15) is 18.2 Å². The second kappa shape index (κ2) is 9.76. The molecule has 1 aliphatic rings. The number of benzene rings is 2. The Labute approximate surface area is 176 Å². The minimum absolute atomic E-state index is 0.0746. The van der Waals surface area contributed by atoms with Gasteiger partial charge in [-0.05, 0) is 24.3 Å². The van der Waals surface area contributed by atoms with Crippen molar-refractivity contribution in [2.45, 2.75) is 11.5 Å². The molecule has 1 saturated heterocycles. The molecular weight excluding hydrogens is 438 g/mol. The van der Waals surface area contributed by atoms with Gasteiger partial charge in [-0.3, -0.25) is 15.5 Å². The Bertz CT molecular complexity index is 1070. The van der Waals surface area contributed by atoms with Gasteiger partial charge in [-0.15, -0.1) is 0 Å². The zero-order valence-electron chi connectivity index (χ0n) is 16.0. The van der Waals surface area contributed by atoms with Gasteiger partial charge in [-0.1, -0.05) is 12.1 Å². The smallest absolute Gasteiger partial charge is 0.387 e. The number of morpholine rings is 1. The molecule has 1 N–H and O–H groups in total. The summed E-state index contributed by atoms with van der Waals surface area (Å²) in [5, 5.41) is 15.3. The van der Waals surface area contributed by atoms with Gasteiger partial charge < -0.3 is 9.47 Å². The van der Waals surface area contributed by atoms with Crippen LogP contribution in [0.3, 0.4) is 0 Å². The highest BCUT2D eigenvalue weighted by atomic mass is 32.2. The number of sulfonamides is 1. The van der Waals surface area contributed by atoms with E-state index in [2.05, 4.69) is 15.3 Å². The van der Waals surface area contributed by atoms with Crippen molar-refractivity contribution < 1.29 is 31.6 Å². The minimum Gasteiger partial charge on any atom is -0.434 e. The fourth-order valence-electron chi connectivity index (χ4n) is 2.82. The molecular formula is C18H18F2N4O6S. The van der Waals surface area contributed by atoms with Crippen LogP contribution in [0.1, 0.15) is 5.56 Å². The Balaban J connectivity index is 1.83. The molecule has 0 amide bonds. The Kier molecular flexibility index (Phi) is 7.09. The van der Waals surface area contributed by atoms with Crippen molar-refractivity contribution >= 4 is 27.6 Å². The molecule has 0 unspecified atom stereocenters. The number of hydrogen-bond donors (Lipinski definition) is 1. The summed E-state index contributed by atoms with van der Waals surface area (Å²) in [6.07, 6.45) is 1.15. The number of nitrogens with one attached hydrogen (secondary N) is 1. The maximum Gasteiger partial charge on any atom is 0.387 e. The molecule has 0 saturated carbocycles. The maximum atomic E-state index is 12.7. The fraction of sp³-hybridized carbons (Fsp3) is 0.278. The average molecular weight is 456 g/mol. The van der Waals surface area contributed by atoms with E-state index in [0.717, 1.165) is 12.3 Å². The average Bonchev–Trinajstić information content (AvgIpc) is 2.75. The fourth-order valence-corrected chi connectivity index (χ4v) is 4.24. The lowest BCUT2D eigenvalue weighted by Gasteiger charge is -2.26. The number of para-hydroxylation sites is 1. The van der Waals surface area contributed by atoms with Gasteiger partial charge in [0.25, 0.3) is 5.69 Å². The first kappa shape index (κ1) is 22.5. The highest BCUT2D eigenvalue weighted by molar-refractivity contribution is 7.89. The van der Waals surface area contributed by atoms with Crippen LogP contribution in [0.2, 0.25) is 0 Å². The van der Waals surface area contributed by atoms with Crippen molar-refractivity contribution in [3.05, 3.63) is 58.1 Å². The van der Waals surface area contributed by atoms with Crippen molar-refractivity contribution in [1.82, 2.24) is 4.31 Å². The topological polar surface area (TPSA) is 123 Å². The van der Waals surface area contributed by atoms with Crippen LogP contribution in [0.5, 0.6) is 5.75 Å². The van der Waals surface area contributed by atoms with E-state index in [0.29, 0.717) is 0 Å². The number of anilines is 1. The van der Waals surface area contributed by atoms with Gasteiger partial charge >= 0.3 is 6.61 Å². The number of halogens is 2. The molecule has 0 atom stereocenters. The molecule has 31 heavy (non-hydrogen) atoms. The van der Waals surface area contributed by atoms with E-state index in [4.69, 9.17) is 4.74 Å². The molecule has 3 rings (SSSR count). The molecule has 2 aromatic rings. The molecule has 0 spiro atoms. The predicted molar refractivity (Wildman–Crippen MR) is 107 cm³/mol. The number of hydrazone groups is 1. The highest BCUT2D eigenvalue weighted by Crippen LogP contribution is 2.29. The zero-order valence-corrected chi connectivity index (χ0v) is 16.8. The molecule has 1 heterocycles. The molecule has 0 radical (unpaired) electrons. The third-order valence-electron chi connectivity index (χ3n) is 4.30. The first-order valence-corrected chi connectivity index (χ1v) is 10.4. The summed E-state index contributed by atoms with van der Waals surface area (Å²) in [5.74, 6) is -0.121. The van der Waals surface area contributed by atoms with Crippen LogP contribution in [0.25, 0.3) is 0 Å². The van der Waals surface area contributed by atoms with Crippen LogP contribution in [0.15, 0.2) is 52.5 Å². The summed E-state index contributed by atoms with van der Waals surface area (Å²) < 4.78 is 61.1. The molecule has 2 aromatic carbocycles. The van der Waals surface area contributed by atoms with Gasteiger partial charge in [0.05, 0.1) is 29.2 Å². The lowest BCUT2D eigenvalue weighted by Crippen LogP contribution is -2.40. The maximum absolute atomic E-state index is 12.7. The standard InChI is InChI=1S/C18H18F2N4O6S/c19-18(20)30-17-4-2-1-3-13(17)12-21-22-15-6-5-14(11-16(15)24(25)26)31(27,28)23-7-9-29-10-8-23/h1-6,11-12,18,22H,7-10H2. The van der Waals surface area contributed by atoms with Crippen molar-refractivity contribution in [3.63, 3.8) is 0 Å². The first-order valence-electron chi connectivity index (χ1n) is 8.98. The summed E-state index contributed by atoms with van der Waals surface area (Å²) in [5.41, 5.74) is 2.07. The van der Waals surface area contributed by atoms with Crippen molar-refractivity contribution in [2.75, 3.05) is 31.7 Å². The van der Waals surface area contributed by atoms with Crippen LogP contribution < -0.4 is 10.2 Å². The molecule has 10 nitrogen and oxygen atoms in total. The van der Waals surface area contributed by atoms with E-state index in [1.165, 1.54) is 34.6 Å². The van der Waals surface area contributed by atoms with E-state index in [1.54, 1.807) is 6.07 Å². The highest BCUT2D eigenvalue weighted by Gasteiger charge is 2.28. The lowest BCUT2D eigenvalue weighted by atomic mass is 10.2. The van der Waals surface area contributed by atoms with Gasteiger partial charge in [0.15, 0.2) is 0 Å². The first-order chi connectivity index (χ1) is 14.8. The SMILES string of the molecule is O=[N+]([O-])c1cc(S(=O)(=O)N2CCOCC2)ccc1NN=Cc1ccccc1OC(F)F. The predicted octanol–water partition coefficient (Wildman–Crippen LogP) is 2.66. The number of ether oxygens (including phenoxy) is 2. The molecule has 0 aliphatic carbocycles. The Morgan fingerprint density at radius 1 is 1.23 bits per heavy atom. The quantitative estimate of drug-likeness (QED) is 0.368. The van der Waals surface area contributed by atoms with Crippen LogP contribution in [0.4, 0.5) is 20.2 Å². The summed E-state index contributed by atoms with van der Waals surface area (Å²) in [7, 11) is -3.92. The third kappa shape index (κ3) is 5.51. The number of alkyl halides is 2. The number of hydrogen-bond acceptors (Lipinski definition) is 8. The van der Waals surface area contributed by atoms with Crippen LogP contribution >= 0.6 is 0 Å². The monoisotopic (exact) mass is 456 g/mol. The van der Waals surface area contributed by atoms with E-state index in [9.17, 15) is 27.3 Å². The van der Waals surface area contributed by atoms with Gasteiger partial charge in [-0.25, -0.2) is 8.42 Å². The van der Waals surface area contributed by atoms with Crippen LogP contribution in [-0.2, 0) is 14.8 Å². The Hall–Kier alpha value is -3.16. The second-order valence-corrected chi connectivity index (χ2v) is 8.18. The molecule has 166 valence electrons. The number of nitro groups is 1. The number of rotatable bonds is 8. The molecule has 1 fully saturated rings. The normalized spacial score (nSPS) is 15.3. The lowest BCUT2D eigenvalue weighted by molar-refractivity contribution is -0.384. The van der Waals surface area contributed by atoms with Gasteiger partial charge in [0.2, 0.25) is 10.0 Å². The van der Waals surface area contributed by atoms with E-state index >= 15 is 0 Å². The third-order valence-corrected chi connectivity index (χ3v) is 6.19. The number of nitro benzene ring substituents is 1. The summed E-state index contributed by atoms with van der Waals surface area (Å²) in [6.45, 7) is -2.23. The molecule has 13 heteroatoms. The van der Waals surface area contributed by atoms with E-state index in [1.807, 2.05) is 0 Å². The number of nitrogens with zero attached hydrogens (tertiary/aromatic N) is 3. The van der Waals surface area contributed by atoms with Crippen LogP contribution in [-0.4, -0.2) is 56.8 Å². The van der Waals surface area contributed by atoms with Crippen LogP contribution in [0, 0.1) is 10.1 Å². The largest absolute Gasteiger partial charge is 0.434 e. The second-order valence-electron chi connectivity index (χ2n) is 6.24. The Morgan fingerprint density at radius 3 is 2.61 bits per heavy atom. The van der Waals surface area contributed by atoms with E-state index in [-0.39, 0.29) is 48.2 Å². The molecule has 0 aromatic heterocycles. The van der Waals surface area contributed by atoms with Crippen molar-refractivity contribution in [3.8, 4) is 5.75 Å². The minimum atomic E-state index is -3.92. The molecule has 1 aliphatic heterocycles. The summed E-state index contributed by atoms with van der Waals surface area (Å²) in [6, 6.07) is 9.25. The summed E-state index contributed by atoms with van der Waals surface area (Å²) >= 11 is 0. The zero-order chi connectivity index (χ0) is 22.4. The molecule has 0 bridgehead atoms. The van der Waals surface area contributed by atoms with Crippen molar-refractivity contribution in [1.29, 1.82) is 0 Å². The van der Waals surface area contributed by atoms with Crippen molar-refractivity contribution in [2.24, 2.45) is 5.10 Å². The van der Waals surface area contributed by atoms with Gasteiger partial charge in [0, 0.05) is 24.7 Å².